The summed E-state index contributed by atoms with van der Waals surface area (Å²) in [5, 5.41) is 6.08. The fourth-order valence-electron chi connectivity index (χ4n) is 3.81. The lowest BCUT2D eigenvalue weighted by molar-refractivity contribution is 0.102. The summed E-state index contributed by atoms with van der Waals surface area (Å²) in [4.78, 5) is 28.9. The van der Waals surface area contributed by atoms with Gasteiger partial charge < -0.3 is 20.4 Å². The van der Waals surface area contributed by atoms with E-state index in [1.807, 2.05) is 30.3 Å². The molecule has 0 aliphatic carbocycles. The van der Waals surface area contributed by atoms with E-state index >= 15 is 0 Å². The smallest absolute Gasteiger partial charge is 0.255 e. The number of carbonyl (C=O) groups is 1. The SMILES string of the molecule is O=C(Nc1ccc(-c2nc3cc(NC4OC4c4cccnc4)ncc3[nH]2)cc1)c1ccc(F)cc1. The van der Waals surface area contributed by atoms with Crippen molar-refractivity contribution in [2.24, 2.45) is 0 Å². The molecule has 1 aliphatic rings. The number of hydrogen-bond acceptors (Lipinski definition) is 6. The highest BCUT2D eigenvalue weighted by molar-refractivity contribution is 6.04. The maximum atomic E-state index is 13.1. The summed E-state index contributed by atoms with van der Waals surface area (Å²) < 4.78 is 18.8. The normalized spacial score (nSPS) is 16.7. The number of carbonyl (C=O) groups excluding carboxylic acids is 1. The molecule has 0 radical (unpaired) electrons. The zero-order chi connectivity index (χ0) is 23.8. The Kier molecular flexibility index (Phi) is 5.16. The maximum Gasteiger partial charge on any atom is 0.255 e. The van der Waals surface area contributed by atoms with Crippen LogP contribution in [0.1, 0.15) is 22.0 Å². The molecular formula is C26H19FN6O2. The van der Waals surface area contributed by atoms with Crippen LogP contribution in [0.4, 0.5) is 15.9 Å². The third-order valence-electron chi connectivity index (χ3n) is 5.68. The van der Waals surface area contributed by atoms with Crippen molar-refractivity contribution in [3.63, 3.8) is 0 Å². The fourth-order valence-corrected chi connectivity index (χ4v) is 3.81. The third kappa shape index (κ3) is 4.44. The second kappa shape index (κ2) is 8.62. The molecule has 1 fully saturated rings. The monoisotopic (exact) mass is 466 g/mol. The highest BCUT2D eigenvalue weighted by atomic mass is 19.1. The summed E-state index contributed by atoms with van der Waals surface area (Å²) in [7, 11) is 0. The van der Waals surface area contributed by atoms with E-state index in [1.165, 1.54) is 24.3 Å². The van der Waals surface area contributed by atoms with Gasteiger partial charge in [0.2, 0.25) is 0 Å². The summed E-state index contributed by atoms with van der Waals surface area (Å²) in [6.07, 6.45) is 5.06. The van der Waals surface area contributed by atoms with E-state index in [2.05, 4.69) is 30.6 Å². The quantitative estimate of drug-likeness (QED) is 0.307. The number of nitrogens with one attached hydrogen (secondary N) is 3. The first kappa shape index (κ1) is 20.9. The molecule has 5 aromatic rings. The first-order valence-electron chi connectivity index (χ1n) is 11.0. The van der Waals surface area contributed by atoms with Crippen LogP contribution in [0.3, 0.4) is 0 Å². The summed E-state index contributed by atoms with van der Waals surface area (Å²) >= 11 is 0. The number of aromatic amines is 1. The van der Waals surface area contributed by atoms with Gasteiger partial charge in [-0.15, -0.1) is 0 Å². The molecule has 1 aliphatic heterocycles. The van der Waals surface area contributed by atoms with Crippen molar-refractivity contribution in [3.05, 3.63) is 102 Å². The minimum atomic E-state index is -0.385. The van der Waals surface area contributed by atoms with Gasteiger partial charge in [-0.2, -0.15) is 0 Å². The second-order valence-corrected chi connectivity index (χ2v) is 8.12. The fraction of sp³-hybridized carbons (Fsp3) is 0.0769. The Labute approximate surface area is 199 Å². The molecule has 6 rings (SSSR count). The molecule has 0 saturated carbocycles. The van der Waals surface area contributed by atoms with Crippen LogP contribution in [-0.4, -0.2) is 32.1 Å². The first-order chi connectivity index (χ1) is 17.1. The number of epoxide rings is 1. The molecule has 4 heterocycles. The molecule has 3 aromatic heterocycles. The first-order valence-corrected chi connectivity index (χ1v) is 11.0. The van der Waals surface area contributed by atoms with Crippen LogP contribution < -0.4 is 10.6 Å². The number of rotatable bonds is 6. The number of fused-ring (bicyclic) bond motifs is 1. The Morgan fingerprint density at radius 3 is 2.63 bits per heavy atom. The Morgan fingerprint density at radius 1 is 1.03 bits per heavy atom. The van der Waals surface area contributed by atoms with Gasteiger partial charge in [0.25, 0.3) is 5.91 Å². The predicted molar refractivity (Wildman–Crippen MR) is 129 cm³/mol. The van der Waals surface area contributed by atoms with Crippen LogP contribution >= 0.6 is 0 Å². The third-order valence-corrected chi connectivity index (χ3v) is 5.68. The van der Waals surface area contributed by atoms with Crippen LogP contribution in [0.2, 0.25) is 0 Å². The van der Waals surface area contributed by atoms with Crippen molar-refractivity contribution >= 4 is 28.4 Å². The van der Waals surface area contributed by atoms with Gasteiger partial charge in [-0.1, -0.05) is 6.07 Å². The minimum absolute atomic E-state index is 0.0435. The average molecular weight is 466 g/mol. The number of H-pyrrole nitrogens is 1. The molecule has 2 aromatic carbocycles. The number of amides is 1. The lowest BCUT2D eigenvalue weighted by atomic mass is 10.1. The molecule has 0 bridgehead atoms. The molecular weight excluding hydrogens is 447 g/mol. The number of hydrogen-bond donors (Lipinski definition) is 3. The van der Waals surface area contributed by atoms with E-state index in [0.717, 1.165) is 22.2 Å². The number of anilines is 2. The van der Waals surface area contributed by atoms with Crippen LogP contribution in [0, 0.1) is 5.82 Å². The molecule has 35 heavy (non-hydrogen) atoms. The molecule has 1 amide bonds. The highest BCUT2D eigenvalue weighted by Crippen LogP contribution is 2.38. The Bertz CT molecular complexity index is 1500. The summed E-state index contributed by atoms with van der Waals surface area (Å²) in [6, 6.07) is 18.4. The molecule has 3 N–H and O–H groups in total. The van der Waals surface area contributed by atoms with E-state index in [1.54, 1.807) is 30.7 Å². The van der Waals surface area contributed by atoms with Gasteiger partial charge >= 0.3 is 0 Å². The number of halogens is 1. The molecule has 9 heteroatoms. The Morgan fingerprint density at radius 2 is 1.86 bits per heavy atom. The van der Waals surface area contributed by atoms with Gasteiger partial charge in [-0.05, 0) is 54.6 Å². The summed E-state index contributed by atoms with van der Waals surface area (Å²) in [5.74, 6) is 0.666. The van der Waals surface area contributed by atoms with E-state index < -0.39 is 0 Å². The molecule has 2 unspecified atom stereocenters. The summed E-state index contributed by atoms with van der Waals surface area (Å²) in [6.45, 7) is 0. The van der Waals surface area contributed by atoms with E-state index in [0.29, 0.717) is 22.9 Å². The van der Waals surface area contributed by atoms with Crippen LogP contribution in [0.25, 0.3) is 22.4 Å². The van der Waals surface area contributed by atoms with Crippen molar-refractivity contribution in [1.29, 1.82) is 0 Å². The van der Waals surface area contributed by atoms with E-state index in [-0.39, 0.29) is 24.1 Å². The van der Waals surface area contributed by atoms with Gasteiger partial charge in [-0.3, -0.25) is 9.78 Å². The van der Waals surface area contributed by atoms with Gasteiger partial charge in [0.1, 0.15) is 23.6 Å². The van der Waals surface area contributed by atoms with Gasteiger partial charge in [-0.25, -0.2) is 14.4 Å². The topological polar surface area (TPSA) is 108 Å². The Balaban J connectivity index is 1.14. The van der Waals surface area contributed by atoms with Crippen LogP contribution in [0.15, 0.2) is 85.3 Å². The number of ether oxygens (including phenoxy) is 1. The van der Waals surface area contributed by atoms with Crippen molar-refractivity contribution < 1.29 is 13.9 Å². The second-order valence-electron chi connectivity index (χ2n) is 8.12. The molecule has 0 spiro atoms. The van der Waals surface area contributed by atoms with E-state index in [9.17, 15) is 9.18 Å². The summed E-state index contributed by atoms with van der Waals surface area (Å²) in [5.41, 5.74) is 4.46. The van der Waals surface area contributed by atoms with Crippen molar-refractivity contribution in [1.82, 2.24) is 19.9 Å². The van der Waals surface area contributed by atoms with Crippen LogP contribution in [0.5, 0.6) is 0 Å². The molecule has 172 valence electrons. The largest absolute Gasteiger partial charge is 0.343 e. The molecule has 1 saturated heterocycles. The van der Waals surface area contributed by atoms with Gasteiger partial charge in [0, 0.05) is 40.8 Å². The van der Waals surface area contributed by atoms with E-state index in [4.69, 9.17) is 4.74 Å². The lowest BCUT2D eigenvalue weighted by Gasteiger charge is -2.06. The number of aromatic nitrogens is 4. The average Bonchev–Trinajstić information content (AvgIpc) is 3.52. The van der Waals surface area contributed by atoms with Gasteiger partial charge in [0.15, 0.2) is 6.23 Å². The predicted octanol–water partition coefficient (Wildman–Crippen LogP) is 4.92. The van der Waals surface area contributed by atoms with Crippen molar-refractivity contribution in [3.8, 4) is 11.4 Å². The van der Waals surface area contributed by atoms with Crippen molar-refractivity contribution in [2.75, 3.05) is 10.6 Å². The highest BCUT2D eigenvalue weighted by Gasteiger charge is 2.40. The number of benzene rings is 2. The maximum absolute atomic E-state index is 13.1. The number of imidazole rings is 1. The van der Waals surface area contributed by atoms with Gasteiger partial charge in [0.05, 0.1) is 17.2 Å². The minimum Gasteiger partial charge on any atom is -0.343 e. The zero-order valence-electron chi connectivity index (χ0n) is 18.3. The number of nitrogens with zero attached hydrogens (tertiary/aromatic N) is 3. The zero-order valence-corrected chi connectivity index (χ0v) is 18.3. The standard InChI is InChI=1S/C26H19FN6O2/c27-18-7-3-16(4-8-18)25(34)30-19-9-5-15(6-10-19)24-31-20-12-22(29-14-21(20)32-24)33-26-23(35-26)17-2-1-11-28-13-17/h1-14,23,26H,(H,29,33)(H,30,34)(H,31,32). The van der Waals surface area contributed by atoms with Crippen LogP contribution in [-0.2, 0) is 4.74 Å². The number of pyridine rings is 2. The van der Waals surface area contributed by atoms with Crippen molar-refractivity contribution in [2.45, 2.75) is 12.3 Å². The molecule has 2 atom stereocenters. The lowest BCUT2D eigenvalue weighted by Crippen LogP contribution is -2.11. The molecule has 8 nitrogen and oxygen atoms in total. The Hall–Kier alpha value is -4.63.